The van der Waals surface area contributed by atoms with Crippen LogP contribution in [0.25, 0.3) is 0 Å². The van der Waals surface area contributed by atoms with E-state index in [9.17, 15) is 14.0 Å². The van der Waals surface area contributed by atoms with Crippen LogP contribution in [0.15, 0.2) is 24.3 Å². The first-order valence-electron chi connectivity index (χ1n) is 6.58. The molecule has 5 nitrogen and oxygen atoms in total. The van der Waals surface area contributed by atoms with Crippen molar-refractivity contribution >= 4 is 29.4 Å². The zero-order chi connectivity index (χ0) is 15.4. The summed E-state index contributed by atoms with van der Waals surface area (Å²) < 4.78 is 12.9. The number of benzene rings is 1. The van der Waals surface area contributed by atoms with E-state index in [-0.39, 0.29) is 24.3 Å². The highest BCUT2D eigenvalue weighted by atomic mass is 32.2. The zero-order valence-electron chi connectivity index (χ0n) is 11.7. The molecule has 21 heavy (non-hydrogen) atoms. The van der Waals surface area contributed by atoms with Gasteiger partial charge in [0.15, 0.2) is 0 Å². The van der Waals surface area contributed by atoms with Gasteiger partial charge in [-0.3, -0.25) is 9.69 Å². The second-order valence-corrected chi connectivity index (χ2v) is 5.99. The average molecular weight is 312 g/mol. The monoisotopic (exact) mass is 312 g/mol. The van der Waals surface area contributed by atoms with Gasteiger partial charge in [0.05, 0.1) is 12.5 Å². The molecule has 2 amide bonds. The third kappa shape index (κ3) is 3.87. The first kappa shape index (κ1) is 15.6. The molecule has 1 aliphatic heterocycles. The number of rotatable bonds is 3. The lowest BCUT2D eigenvalue weighted by molar-refractivity contribution is -0.137. The minimum Gasteiger partial charge on any atom is -0.481 e. The Morgan fingerprint density at radius 2 is 2.10 bits per heavy atom. The van der Waals surface area contributed by atoms with E-state index in [0.717, 1.165) is 5.75 Å². The second kappa shape index (κ2) is 6.80. The number of carboxylic acid groups (broad SMARTS) is 1. The van der Waals surface area contributed by atoms with Crippen molar-refractivity contribution in [2.75, 3.05) is 30.0 Å². The van der Waals surface area contributed by atoms with Gasteiger partial charge < -0.3 is 10.0 Å². The lowest BCUT2D eigenvalue weighted by atomic mass is 10.2. The van der Waals surface area contributed by atoms with Crippen LogP contribution >= 0.6 is 11.8 Å². The highest BCUT2D eigenvalue weighted by molar-refractivity contribution is 7.99. The molecule has 1 atom stereocenters. The zero-order valence-corrected chi connectivity index (χ0v) is 12.5. The highest BCUT2D eigenvalue weighted by Gasteiger charge is 2.31. The summed E-state index contributed by atoms with van der Waals surface area (Å²) in [6.07, 6.45) is -0.0595. The molecule has 114 valence electrons. The summed E-state index contributed by atoms with van der Waals surface area (Å²) in [5, 5.41) is 8.95. The van der Waals surface area contributed by atoms with E-state index in [1.165, 1.54) is 29.2 Å². The summed E-state index contributed by atoms with van der Waals surface area (Å²) in [6.45, 7) is 0.521. The Labute approximate surface area is 126 Å². The first-order chi connectivity index (χ1) is 9.99. The molecule has 0 spiro atoms. The first-order valence-corrected chi connectivity index (χ1v) is 7.74. The van der Waals surface area contributed by atoms with Crippen LogP contribution in [-0.2, 0) is 4.79 Å². The molecule has 1 aromatic carbocycles. The van der Waals surface area contributed by atoms with Gasteiger partial charge in [0.2, 0.25) is 0 Å². The Morgan fingerprint density at radius 3 is 2.71 bits per heavy atom. The number of carbonyl (C=O) groups is 2. The number of carboxylic acids is 1. The van der Waals surface area contributed by atoms with E-state index in [1.807, 2.05) is 0 Å². The number of thioether (sulfide) groups is 1. The molecule has 0 bridgehead atoms. The van der Waals surface area contributed by atoms with Gasteiger partial charge in [0.1, 0.15) is 5.82 Å². The maximum absolute atomic E-state index is 12.9. The second-order valence-electron chi connectivity index (χ2n) is 4.84. The van der Waals surface area contributed by atoms with Gasteiger partial charge in [-0.05, 0) is 24.3 Å². The Hall–Kier alpha value is -1.76. The van der Waals surface area contributed by atoms with Gasteiger partial charge >= 0.3 is 12.0 Å². The van der Waals surface area contributed by atoms with E-state index in [0.29, 0.717) is 18.0 Å². The molecule has 1 saturated heterocycles. The molecule has 1 N–H and O–H groups in total. The highest BCUT2D eigenvalue weighted by Crippen LogP contribution is 2.22. The molecular formula is C14H17FN2O3S. The van der Waals surface area contributed by atoms with E-state index in [4.69, 9.17) is 5.11 Å². The number of hydrogen-bond donors (Lipinski definition) is 1. The Morgan fingerprint density at radius 1 is 1.43 bits per heavy atom. The van der Waals surface area contributed by atoms with Crippen LogP contribution in [0.3, 0.4) is 0 Å². The van der Waals surface area contributed by atoms with Crippen molar-refractivity contribution in [1.82, 2.24) is 4.90 Å². The standard InChI is InChI=1S/C14H17FN2O3S/c1-16(11-4-2-10(15)3-5-11)14(20)17-6-7-21-9-12(17)8-13(18)19/h2-5,12H,6-9H2,1H3,(H,18,19). The van der Waals surface area contributed by atoms with Crippen LogP contribution in [0.4, 0.5) is 14.9 Å². The van der Waals surface area contributed by atoms with Crippen molar-refractivity contribution in [3.05, 3.63) is 30.1 Å². The fourth-order valence-electron chi connectivity index (χ4n) is 2.25. The Balaban J connectivity index is 2.12. The molecule has 0 saturated carbocycles. The van der Waals surface area contributed by atoms with Crippen molar-refractivity contribution in [3.8, 4) is 0 Å². The molecule has 1 fully saturated rings. The molecule has 0 radical (unpaired) electrons. The third-order valence-electron chi connectivity index (χ3n) is 3.38. The fraction of sp³-hybridized carbons (Fsp3) is 0.429. The molecule has 1 aromatic rings. The van der Waals surface area contributed by atoms with Crippen molar-refractivity contribution in [3.63, 3.8) is 0 Å². The Bertz CT molecular complexity index is 523. The van der Waals surface area contributed by atoms with Gasteiger partial charge in [0.25, 0.3) is 0 Å². The van der Waals surface area contributed by atoms with Crippen LogP contribution in [0.5, 0.6) is 0 Å². The van der Waals surface area contributed by atoms with E-state index < -0.39 is 5.97 Å². The molecule has 7 heteroatoms. The average Bonchev–Trinajstić information content (AvgIpc) is 2.46. The number of nitrogens with zero attached hydrogens (tertiary/aromatic N) is 2. The summed E-state index contributed by atoms with van der Waals surface area (Å²) in [5.74, 6) is 0.136. The molecule has 1 aliphatic rings. The van der Waals surface area contributed by atoms with Gasteiger partial charge in [-0.2, -0.15) is 11.8 Å². The van der Waals surface area contributed by atoms with Crippen molar-refractivity contribution in [2.45, 2.75) is 12.5 Å². The summed E-state index contributed by atoms with van der Waals surface area (Å²) >= 11 is 1.65. The largest absolute Gasteiger partial charge is 0.481 e. The third-order valence-corrected chi connectivity index (χ3v) is 4.48. The van der Waals surface area contributed by atoms with Crippen LogP contribution in [0.2, 0.25) is 0 Å². The SMILES string of the molecule is CN(C(=O)N1CCSCC1CC(=O)O)c1ccc(F)cc1. The Kier molecular flexibility index (Phi) is 5.06. The quantitative estimate of drug-likeness (QED) is 0.930. The smallest absolute Gasteiger partial charge is 0.324 e. The number of anilines is 1. The minimum atomic E-state index is -0.912. The maximum Gasteiger partial charge on any atom is 0.324 e. The summed E-state index contributed by atoms with van der Waals surface area (Å²) in [7, 11) is 1.61. The molecule has 2 rings (SSSR count). The van der Waals surface area contributed by atoms with Crippen LogP contribution in [-0.4, -0.2) is 53.1 Å². The molecule has 1 unspecified atom stereocenters. The number of carbonyl (C=O) groups excluding carboxylic acids is 1. The number of hydrogen-bond acceptors (Lipinski definition) is 3. The normalized spacial score (nSPS) is 18.4. The van der Waals surface area contributed by atoms with E-state index >= 15 is 0 Å². The lowest BCUT2D eigenvalue weighted by Gasteiger charge is -2.37. The van der Waals surface area contributed by atoms with E-state index in [1.54, 1.807) is 23.7 Å². The lowest BCUT2D eigenvalue weighted by Crippen LogP contribution is -2.51. The van der Waals surface area contributed by atoms with Crippen molar-refractivity contribution in [1.29, 1.82) is 0 Å². The molecule has 1 heterocycles. The topological polar surface area (TPSA) is 60.9 Å². The van der Waals surface area contributed by atoms with Gasteiger partial charge in [-0.15, -0.1) is 0 Å². The maximum atomic E-state index is 12.9. The number of aliphatic carboxylic acids is 1. The predicted octanol–water partition coefficient (Wildman–Crippen LogP) is 2.27. The van der Waals surface area contributed by atoms with Gasteiger partial charge in [0, 0.05) is 30.8 Å². The van der Waals surface area contributed by atoms with Crippen LogP contribution in [0, 0.1) is 5.82 Å². The van der Waals surface area contributed by atoms with Crippen LogP contribution in [0.1, 0.15) is 6.42 Å². The fourth-order valence-corrected chi connectivity index (χ4v) is 3.31. The predicted molar refractivity (Wildman–Crippen MR) is 80.3 cm³/mol. The minimum absolute atomic E-state index is 0.0595. The van der Waals surface area contributed by atoms with Crippen molar-refractivity contribution < 1.29 is 19.1 Å². The summed E-state index contributed by atoms with van der Waals surface area (Å²) in [4.78, 5) is 26.5. The van der Waals surface area contributed by atoms with Crippen LogP contribution < -0.4 is 4.90 Å². The number of amides is 2. The van der Waals surface area contributed by atoms with Gasteiger partial charge in [-0.1, -0.05) is 0 Å². The molecule has 0 aliphatic carbocycles. The number of urea groups is 1. The number of halogens is 1. The molecule has 0 aromatic heterocycles. The van der Waals surface area contributed by atoms with E-state index in [2.05, 4.69) is 0 Å². The van der Waals surface area contributed by atoms with Gasteiger partial charge in [-0.25, -0.2) is 9.18 Å². The molecular weight excluding hydrogens is 295 g/mol. The summed E-state index contributed by atoms with van der Waals surface area (Å²) in [5.41, 5.74) is 0.578. The van der Waals surface area contributed by atoms with Crippen molar-refractivity contribution in [2.24, 2.45) is 0 Å². The summed E-state index contributed by atoms with van der Waals surface area (Å²) in [6, 6.07) is 5.07.